The first kappa shape index (κ1) is 64.0. The van der Waals surface area contributed by atoms with E-state index in [4.69, 9.17) is 4.74 Å². The summed E-state index contributed by atoms with van der Waals surface area (Å²) in [6, 6.07) is -0.719. The van der Waals surface area contributed by atoms with Gasteiger partial charge in [-0.15, -0.1) is 0 Å². The molecule has 0 aliphatic heterocycles. The van der Waals surface area contributed by atoms with Crippen LogP contribution in [-0.4, -0.2) is 46.9 Å². The fourth-order valence-corrected chi connectivity index (χ4v) is 8.34. The molecule has 0 rings (SSSR count). The van der Waals surface area contributed by atoms with Crippen molar-refractivity contribution in [3.8, 4) is 0 Å². The van der Waals surface area contributed by atoms with Gasteiger partial charge >= 0.3 is 5.97 Å². The molecule has 0 saturated carbocycles. The van der Waals surface area contributed by atoms with Crippen LogP contribution in [-0.2, 0) is 14.3 Å². The van der Waals surface area contributed by atoms with Crippen molar-refractivity contribution in [2.45, 2.75) is 283 Å². The Morgan fingerprint density at radius 2 is 0.821 bits per heavy atom. The van der Waals surface area contributed by atoms with E-state index < -0.39 is 18.2 Å². The van der Waals surface area contributed by atoms with Gasteiger partial charge in [0.05, 0.1) is 25.2 Å². The van der Waals surface area contributed by atoms with Gasteiger partial charge in [0, 0.05) is 6.42 Å². The average molecular weight is 935 g/mol. The summed E-state index contributed by atoms with van der Waals surface area (Å²) in [5.41, 5.74) is 0. The number of amides is 1. The summed E-state index contributed by atoms with van der Waals surface area (Å²) >= 11 is 0. The van der Waals surface area contributed by atoms with Crippen molar-refractivity contribution in [3.63, 3.8) is 0 Å². The third-order valence-electron chi connectivity index (χ3n) is 12.6. The lowest BCUT2D eigenvalue weighted by Gasteiger charge is -2.24. The Hall–Kier alpha value is -2.96. The van der Waals surface area contributed by atoms with Crippen LogP contribution in [0.4, 0.5) is 0 Å². The average Bonchev–Trinajstić information content (AvgIpc) is 3.32. The Kier molecular flexibility index (Phi) is 51.6. The predicted molar refractivity (Wildman–Crippen MR) is 291 cm³/mol. The minimum absolute atomic E-state index is 0.0505. The summed E-state index contributed by atoms with van der Waals surface area (Å²) in [4.78, 5) is 26.3. The topological polar surface area (TPSA) is 95.9 Å². The van der Waals surface area contributed by atoms with Crippen LogP contribution in [0.2, 0.25) is 0 Å². The molecule has 0 aromatic rings. The molecule has 67 heavy (non-hydrogen) atoms. The van der Waals surface area contributed by atoms with Crippen molar-refractivity contribution >= 4 is 11.9 Å². The number of carbonyl (C=O) groups is 2. The Morgan fingerprint density at radius 1 is 0.448 bits per heavy atom. The highest BCUT2D eigenvalue weighted by Gasteiger charge is 2.24. The number of rotatable bonds is 50. The molecule has 0 aromatic heterocycles. The highest BCUT2D eigenvalue weighted by molar-refractivity contribution is 5.77. The standard InChI is InChI=1S/C61H107NO5/c1-4-7-10-13-16-19-22-25-28-30-33-36-39-42-45-48-51-54-61(66)67-57(52-49-46-43-40-37-34-31-27-24-21-18-15-12-9-6-3)55-60(65)62-58(56-63)59(64)53-50-47-44-41-38-35-32-29-26-23-20-17-14-11-8-5-2/h7,10,13,16,19,22,25,27-28,30-31,33,36,39,57-59,63-64H,4-6,8-9,11-12,14-15,17-18,20-21,23-24,26,29,32,34-35,37-38,40-56H2,1-3H3,(H,62,65)/b10-7-,16-13+,22-19+,28-25-,31-27+,33-30+,39-36+. The minimum Gasteiger partial charge on any atom is -0.462 e. The van der Waals surface area contributed by atoms with Gasteiger partial charge in [-0.05, 0) is 70.6 Å². The van der Waals surface area contributed by atoms with E-state index in [2.05, 4.69) is 62.5 Å². The van der Waals surface area contributed by atoms with E-state index in [-0.39, 0.29) is 24.9 Å². The zero-order valence-electron chi connectivity index (χ0n) is 44.0. The largest absolute Gasteiger partial charge is 0.462 e. The lowest BCUT2D eigenvalue weighted by molar-refractivity contribution is -0.151. The number of nitrogens with one attached hydrogen (secondary N) is 1. The number of aliphatic hydroxyl groups is 2. The van der Waals surface area contributed by atoms with E-state index in [1.54, 1.807) is 0 Å². The quantitative estimate of drug-likeness (QED) is 0.0244. The van der Waals surface area contributed by atoms with E-state index in [1.807, 2.05) is 48.6 Å². The number of esters is 1. The fraction of sp³-hybridized carbons (Fsp3) is 0.738. The number of hydrogen-bond acceptors (Lipinski definition) is 5. The summed E-state index contributed by atoms with van der Waals surface area (Å²) in [5.74, 6) is -0.531. The molecule has 6 nitrogen and oxygen atoms in total. The third-order valence-corrected chi connectivity index (χ3v) is 12.6. The maximum Gasteiger partial charge on any atom is 0.306 e. The van der Waals surface area contributed by atoms with Gasteiger partial charge in [-0.2, -0.15) is 0 Å². The molecule has 0 saturated heterocycles. The first-order chi connectivity index (χ1) is 33.0. The van der Waals surface area contributed by atoms with Crippen molar-refractivity contribution in [1.82, 2.24) is 5.32 Å². The second-order valence-corrected chi connectivity index (χ2v) is 19.1. The van der Waals surface area contributed by atoms with Crippen molar-refractivity contribution < 1.29 is 24.5 Å². The summed E-state index contributed by atoms with van der Waals surface area (Å²) in [6.45, 7) is 6.34. The van der Waals surface area contributed by atoms with Gasteiger partial charge < -0.3 is 20.3 Å². The molecule has 0 spiro atoms. The van der Waals surface area contributed by atoms with E-state index in [0.717, 1.165) is 77.0 Å². The fourth-order valence-electron chi connectivity index (χ4n) is 8.34. The van der Waals surface area contributed by atoms with Crippen LogP contribution in [0.5, 0.6) is 0 Å². The number of hydrogen-bond donors (Lipinski definition) is 3. The van der Waals surface area contributed by atoms with Gasteiger partial charge in [-0.25, -0.2) is 0 Å². The molecule has 0 radical (unpaired) electrons. The Morgan fingerprint density at radius 3 is 1.27 bits per heavy atom. The van der Waals surface area contributed by atoms with Crippen molar-refractivity contribution in [2.24, 2.45) is 0 Å². The van der Waals surface area contributed by atoms with Crippen molar-refractivity contribution in [1.29, 1.82) is 0 Å². The molecule has 3 N–H and O–H groups in total. The molecule has 0 aliphatic carbocycles. The lowest BCUT2D eigenvalue weighted by Crippen LogP contribution is -2.46. The zero-order valence-corrected chi connectivity index (χ0v) is 44.0. The van der Waals surface area contributed by atoms with Gasteiger partial charge in [0.2, 0.25) is 5.91 Å². The molecular weight excluding hydrogens is 827 g/mol. The van der Waals surface area contributed by atoms with Gasteiger partial charge in [0.25, 0.3) is 0 Å². The molecule has 6 heteroatoms. The van der Waals surface area contributed by atoms with E-state index in [9.17, 15) is 19.8 Å². The maximum absolute atomic E-state index is 13.3. The van der Waals surface area contributed by atoms with Gasteiger partial charge in [0.1, 0.15) is 6.10 Å². The van der Waals surface area contributed by atoms with E-state index >= 15 is 0 Å². The SMILES string of the molecule is CC\C=C/C=C/C=C/C=C\C=C\C=C\CCCCCC(=O)OC(CCCCCCC/C=C/CCCCCCCC)CC(=O)NC(CO)C(O)CCCCCCCCCCCCCCCCCC. The molecule has 0 aromatic carbocycles. The molecule has 386 valence electrons. The number of ether oxygens (including phenoxy) is 1. The van der Waals surface area contributed by atoms with Gasteiger partial charge in [-0.3, -0.25) is 9.59 Å². The van der Waals surface area contributed by atoms with Crippen LogP contribution in [0.3, 0.4) is 0 Å². The molecule has 3 atom stereocenters. The normalized spacial score (nSPS) is 13.8. The highest BCUT2D eigenvalue weighted by Crippen LogP contribution is 2.18. The molecule has 0 aliphatic rings. The van der Waals surface area contributed by atoms with E-state index in [1.165, 1.54) is 141 Å². The monoisotopic (exact) mass is 934 g/mol. The number of unbranched alkanes of at least 4 members (excludes halogenated alkanes) is 29. The number of aliphatic hydroxyl groups excluding tert-OH is 2. The van der Waals surface area contributed by atoms with Gasteiger partial charge in [-0.1, -0.05) is 266 Å². The molecule has 0 heterocycles. The number of carbonyl (C=O) groups excluding carboxylic acids is 2. The Labute approximate surface area is 414 Å². The van der Waals surface area contributed by atoms with Crippen LogP contribution in [0.25, 0.3) is 0 Å². The second kappa shape index (κ2) is 54.0. The van der Waals surface area contributed by atoms with Crippen LogP contribution in [0.1, 0.15) is 265 Å². The minimum atomic E-state index is -0.803. The predicted octanol–water partition coefficient (Wildman–Crippen LogP) is 17.5. The smallest absolute Gasteiger partial charge is 0.306 e. The van der Waals surface area contributed by atoms with E-state index in [0.29, 0.717) is 19.3 Å². The molecule has 0 fully saturated rings. The first-order valence-corrected chi connectivity index (χ1v) is 28.4. The highest BCUT2D eigenvalue weighted by atomic mass is 16.5. The van der Waals surface area contributed by atoms with Crippen molar-refractivity contribution in [3.05, 3.63) is 85.1 Å². The first-order valence-electron chi connectivity index (χ1n) is 28.4. The Bertz CT molecular complexity index is 1280. The zero-order chi connectivity index (χ0) is 48.8. The second-order valence-electron chi connectivity index (χ2n) is 19.1. The molecule has 1 amide bonds. The molecule has 0 bridgehead atoms. The Balaban J connectivity index is 4.66. The molecular formula is C61H107NO5. The third kappa shape index (κ3) is 49.3. The van der Waals surface area contributed by atoms with Gasteiger partial charge in [0.15, 0.2) is 0 Å². The lowest BCUT2D eigenvalue weighted by atomic mass is 10.0. The van der Waals surface area contributed by atoms with Crippen LogP contribution in [0.15, 0.2) is 85.1 Å². The van der Waals surface area contributed by atoms with Crippen LogP contribution >= 0.6 is 0 Å². The van der Waals surface area contributed by atoms with Crippen LogP contribution < -0.4 is 5.32 Å². The summed E-state index contributed by atoms with van der Waals surface area (Å²) in [5, 5.41) is 23.9. The summed E-state index contributed by atoms with van der Waals surface area (Å²) < 4.78 is 5.93. The number of allylic oxidation sites excluding steroid dienone is 14. The summed E-state index contributed by atoms with van der Waals surface area (Å²) in [6.07, 6.45) is 70.7. The summed E-state index contributed by atoms with van der Waals surface area (Å²) in [7, 11) is 0. The molecule has 3 unspecified atom stereocenters. The van der Waals surface area contributed by atoms with Crippen molar-refractivity contribution in [2.75, 3.05) is 6.61 Å². The maximum atomic E-state index is 13.3. The van der Waals surface area contributed by atoms with Crippen LogP contribution in [0, 0.1) is 0 Å².